The molecule has 0 saturated carbocycles. The van der Waals surface area contributed by atoms with Crippen molar-refractivity contribution < 1.29 is 0 Å². The summed E-state index contributed by atoms with van der Waals surface area (Å²) in [7, 11) is 0. The molecule has 2 heterocycles. The summed E-state index contributed by atoms with van der Waals surface area (Å²) >= 11 is 1.90. The lowest BCUT2D eigenvalue weighted by Gasteiger charge is -1.98. The summed E-state index contributed by atoms with van der Waals surface area (Å²) in [6.07, 6.45) is 0. The fourth-order valence-electron chi connectivity index (χ4n) is 3.88. The Hall–Kier alpha value is -2.84. The molecule has 0 spiro atoms. The molecule has 6 rings (SSSR count). The summed E-state index contributed by atoms with van der Waals surface area (Å²) in [5, 5.41) is 7.98. The Kier molecular flexibility index (Phi) is 2.29. The maximum atomic E-state index is 3.64. The molecule has 2 heteroatoms. The van der Waals surface area contributed by atoms with Crippen LogP contribution in [-0.2, 0) is 0 Å². The third-order valence-electron chi connectivity index (χ3n) is 5.01. The maximum Gasteiger partial charge on any atom is 0.0646 e. The lowest BCUT2D eigenvalue weighted by molar-refractivity contribution is 1.57. The summed E-state index contributed by atoms with van der Waals surface area (Å²) < 4.78 is 2.74. The predicted octanol–water partition coefficient (Wildman–Crippen LogP) is 6.84. The van der Waals surface area contributed by atoms with Gasteiger partial charge in [0, 0.05) is 31.8 Å². The van der Waals surface area contributed by atoms with Crippen molar-refractivity contribution in [2.75, 3.05) is 0 Å². The van der Waals surface area contributed by atoms with Crippen LogP contribution >= 0.6 is 11.3 Å². The van der Waals surface area contributed by atoms with E-state index >= 15 is 0 Å². The quantitative estimate of drug-likeness (QED) is 0.315. The van der Waals surface area contributed by atoms with Crippen molar-refractivity contribution in [1.29, 1.82) is 0 Å². The molecule has 1 nitrogen and oxygen atoms in total. The minimum Gasteiger partial charge on any atom is -0.353 e. The molecule has 24 heavy (non-hydrogen) atoms. The number of para-hydroxylation sites is 1. The van der Waals surface area contributed by atoms with E-state index in [4.69, 9.17) is 0 Å². The summed E-state index contributed by atoms with van der Waals surface area (Å²) in [6.45, 7) is 0. The lowest BCUT2D eigenvalue weighted by atomic mass is 10.1. The van der Waals surface area contributed by atoms with E-state index in [9.17, 15) is 0 Å². The first-order chi connectivity index (χ1) is 11.9. The third-order valence-corrected chi connectivity index (χ3v) is 6.28. The van der Waals surface area contributed by atoms with Crippen molar-refractivity contribution in [2.24, 2.45) is 0 Å². The van der Waals surface area contributed by atoms with Crippen molar-refractivity contribution in [3.05, 3.63) is 72.8 Å². The minimum absolute atomic E-state index is 1.21. The number of aromatic nitrogens is 1. The molecular weight excluding hydrogens is 310 g/mol. The first-order valence-electron chi connectivity index (χ1n) is 8.13. The molecule has 0 aliphatic rings. The monoisotopic (exact) mass is 323 g/mol. The molecular formula is C22H13NS. The van der Waals surface area contributed by atoms with E-state index in [1.54, 1.807) is 0 Å². The van der Waals surface area contributed by atoms with Crippen LogP contribution < -0.4 is 0 Å². The molecule has 4 aromatic carbocycles. The van der Waals surface area contributed by atoms with Crippen LogP contribution in [0.2, 0.25) is 0 Å². The first kappa shape index (κ1) is 12.6. The van der Waals surface area contributed by atoms with E-state index in [0.29, 0.717) is 0 Å². The van der Waals surface area contributed by atoms with Crippen LogP contribution in [-0.4, -0.2) is 4.98 Å². The van der Waals surface area contributed by atoms with E-state index < -0.39 is 0 Å². The van der Waals surface area contributed by atoms with Crippen LogP contribution in [0.1, 0.15) is 0 Å². The highest BCUT2D eigenvalue weighted by Gasteiger charge is 2.13. The minimum atomic E-state index is 1.21. The van der Waals surface area contributed by atoms with Crippen LogP contribution in [0, 0.1) is 0 Å². The Balaban J connectivity index is 1.89. The van der Waals surface area contributed by atoms with E-state index in [1.807, 2.05) is 11.3 Å². The Morgan fingerprint density at radius 2 is 1.25 bits per heavy atom. The zero-order valence-electron chi connectivity index (χ0n) is 12.8. The number of fused-ring (bicyclic) bond motifs is 9. The van der Waals surface area contributed by atoms with E-state index in [0.717, 1.165) is 0 Å². The Morgan fingerprint density at radius 1 is 0.542 bits per heavy atom. The standard InChI is InChI=1S/C22H13NS/c1-2-6-14-13(5-1)9-10-17-18-12-11-16-15-7-3-4-8-19(15)23-20(16)22(18)24-21(14)17/h1-12,23H. The number of aromatic amines is 1. The van der Waals surface area contributed by atoms with Gasteiger partial charge in [-0.3, -0.25) is 0 Å². The van der Waals surface area contributed by atoms with Gasteiger partial charge >= 0.3 is 0 Å². The zero-order chi connectivity index (χ0) is 15.7. The smallest absolute Gasteiger partial charge is 0.0646 e. The van der Waals surface area contributed by atoms with Gasteiger partial charge in [0.2, 0.25) is 0 Å². The molecule has 0 fully saturated rings. The molecule has 2 aromatic heterocycles. The predicted molar refractivity (Wildman–Crippen MR) is 106 cm³/mol. The van der Waals surface area contributed by atoms with Crippen molar-refractivity contribution in [3.63, 3.8) is 0 Å². The average Bonchev–Trinajstić information content (AvgIpc) is 3.20. The molecule has 0 radical (unpaired) electrons. The Bertz CT molecular complexity index is 1400. The van der Waals surface area contributed by atoms with E-state index in [2.05, 4.69) is 77.8 Å². The van der Waals surface area contributed by atoms with Gasteiger partial charge in [0.25, 0.3) is 0 Å². The summed E-state index contributed by atoms with van der Waals surface area (Å²) in [6, 6.07) is 26.3. The number of nitrogens with one attached hydrogen (secondary N) is 1. The van der Waals surface area contributed by atoms with Crippen molar-refractivity contribution in [1.82, 2.24) is 4.98 Å². The van der Waals surface area contributed by atoms with Gasteiger partial charge < -0.3 is 4.98 Å². The number of hydrogen-bond acceptors (Lipinski definition) is 1. The number of H-pyrrole nitrogens is 1. The van der Waals surface area contributed by atoms with Gasteiger partial charge in [-0.1, -0.05) is 66.7 Å². The number of rotatable bonds is 0. The number of thiophene rings is 1. The van der Waals surface area contributed by atoms with Gasteiger partial charge in [-0.2, -0.15) is 0 Å². The molecule has 0 atom stereocenters. The number of benzene rings is 4. The SMILES string of the molecule is c1ccc2c(c1)ccc1c3ccc4c5ccccc5[nH]c4c3sc21. The van der Waals surface area contributed by atoms with Gasteiger partial charge in [0.1, 0.15) is 0 Å². The van der Waals surface area contributed by atoms with Gasteiger partial charge in [-0.05, 0) is 16.8 Å². The highest BCUT2D eigenvalue weighted by atomic mass is 32.1. The second-order valence-electron chi connectivity index (χ2n) is 6.30. The molecule has 1 N–H and O–H groups in total. The lowest BCUT2D eigenvalue weighted by Crippen LogP contribution is -1.72. The zero-order valence-corrected chi connectivity index (χ0v) is 13.7. The summed E-state index contributed by atoms with van der Waals surface area (Å²) in [5.74, 6) is 0. The summed E-state index contributed by atoms with van der Waals surface area (Å²) in [5.41, 5.74) is 2.47. The molecule has 0 aliphatic heterocycles. The highest BCUT2D eigenvalue weighted by molar-refractivity contribution is 7.27. The van der Waals surface area contributed by atoms with Crippen LogP contribution in [0.3, 0.4) is 0 Å². The normalized spacial score (nSPS) is 12.2. The largest absolute Gasteiger partial charge is 0.353 e. The van der Waals surface area contributed by atoms with Crippen molar-refractivity contribution in [3.8, 4) is 0 Å². The molecule has 0 amide bonds. The Labute approximate surface area is 142 Å². The highest BCUT2D eigenvalue weighted by Crippen LogP contribution is 2.42. The second-order valence-corrected chi connectivity index (χ2v) is 7.32. The summed E-state index contributed by atoms with van der Waals surface area (Å²) in [4.78, 5) is 3.64. The van der Waals surface area contributed by atoms with Gasteiger partial charge in [0.05, 0.1) is 10.2 Å². The Morgan fingerprint density at radius 3 is 2.21 bits per heavy atom. The van der Waals surface area contributed by atoms with Gasteiger partial charge in [-0.15, -0.1) is 11.3 Å². The maximum absolute atomic E-state index is 3.64. The van der Waals surface area contributed by atoms with Crippen LogP contribution in [0.4, 0.5) is 0 Å². The van der Waals surface area contributed by atoms with Crippen molar-refractivity contribution >= 4 is 64.1 Å². The molecule has 112 valence electrons. The van der Waals surface area contributed by atoms with Crippen LogP contribution in [0.25, 0.3) is 52.8 Å². The molecule has 0 unspecified atom stereocenters. The fourth-order valence-corrected chi connectivity index (χ4v) is 5.22. The number of hydrogen-bond donors (Lipinski definition) is 1. The molecule has 0 bridgehead atoms. The molecule has 6 aromatic rings. The van der Waals surface area contributed by atoms with E-state index in [-0.39, 0.29) is 0 Å². The third kappa shape index (κ3) is 1.49. The second kappa shape index (κ2) is 4.37. The average molecular weight is 323 g/mol. The molecule has 0 saturated heterocycles. The van der Waals surface area contributed by atoms with Gasteiger partial charge in [-0.25, -0.2) is 0 Å². The van der Waals surface area contributed by atoms with Gasteiger partial charge in [0.15, 0.2) is 0 Å². The van der Waals surface area contributed by atoms with E-state index in [1.165, 1.54) is 52.8 Å². The molecule has 0 aliphatic carbocycles. The first-order valence-corrected chi connectivity index (χ1v) is 8.95. The van der Waals surface area contributed by atoms with Crippen LogP contribution in [0.5, 0.6) is 0 Å². The topological polar surface area (TPSA) is 15.8 Å². The van der Waals surface area contributed by atoms with Crippen LogP contribution in [0.15, 0.2) is 72.8 Å². The fraction of sp³-hybridized carbons (Fsp3) is 0. The van der Waals surface area contributed by atoms with Crippen molar-refractivity contribution in [2.45, 2.75) is 0 Å².